The minimum atomic E-state index is -0.689. The zero-order chi connectivity index (χ0) is 23.7. The van der Waals surface area contributed by atoms with Crippen molar-refractivity contribution < 1.29 is 24.2 Å². The molecule has 3 aromatic rings. The second-order valence-corrected chi connectivity index (χ2v) is 8.50. The molecule has 0 saturated carbocycles. The monoisotopic (exact) mass is 455 g/mol. The van der Waals surface area contributed by atoms with E-state index in [2.05, 4.69) is 0 Å². The van der Waals surface area contributed by atoms with E-state index in [0.717, 1.165) is 16.7 Å². The van der Waals surface area contributed by atoms with Gasteiger partial charge in [0.1, 0.15) is 19.0 Å². The van der Waals surface area contributed by atoms with Crippen molar-refractivity contribution in [3.8, 4) is 11.5 Å². The van der Waals surface area contributed by atoms with E-state index in [0.29, 0.717) is 43.2 Å². The van der Waals surface area contributed by atoms with Gasteiger partial charge in [0.2, 0.25) is 0 Å². The number of ketones is 1. The summed E-state index contributed by atoms with van der Waals surface area (Å²) in [6, 6.07) is 21.8. The fourth-order valence-electron chi connectivity index (χ4n) is 4.45. The first-order valence-electron chi connectivity index (χ1n) is 11.3. The molecule has 0 spiro atoms. The normalized spacial score (nSPS) is 18.9. The Morgan fingerprint density at radius 2 is 1.65 bits per heavy atom. The third-order valence-corrected chi connectivity index (χ3v) is 6.23. The summed E-state index contributed by atoms with van der Waals surface area (Å²) in [6.07, 6.45) is 0.598. The Balaban J connectivity index is 1.57. The smallest absolute Gasteiger partial charge is 0.295 e. The van der Waals surface area contributed by atoms with Crippen LogP contribution in [-0.2, 0) is 16.0 Å². The molecule has 172 valence electrons. The Kier molecular flexibility index (Phi) is 5.80. The van der Waals surface area contributed by atoms with E-state index >= 15 is 0 Å². The molecule has 2 heterocycles. The van der Waals surface area contributed by atoms with Crippen molar-refractivity contribution in [2.75, 3.05) is 19.8 Å². The summed E-state index contributed by atoms with van der Waals surface area (Å²) in [6.45, 7) is 3.19. The molecule has 1 amide bonds. The quantitative estimate of drug-likeness (QED) is 0.350. The number of carbonyl (C=O) groups excluding carboxylic acids is 2. The molecule has 2 aliphatic rings. The van der Waals surface area contributed by atoms with Crippen LogP contribution in [0, 0.1) is 6.92 Å². The first kappa shape index (κ1) is 21.8. The van der Waals surface area contributed by atoms with Crippen LogP contribution in [0.2, 0.25) is 0 Å². The van der Waals surface area contributed by atoms with E-state index in [1.807, 2.05) is 61.5 Å². The van der Waals surface area contributed by atoms with Crippen LogP contribution < -0.4 is 9.47 Å². The van der Waals surface area contributed by atoms with E-state index in [9.17, 15) is 14.7 Å². The third kappa shape index (κ3) is 4.03. The van der Waals surface area contributed by atoms with Crippen LogP contribution >= 0.6 is 0 Å². The standard InChI is InChI=1S/C28H25NO5/c1-18-7-9-20(10-8-18)25-24(26(30)21-11-12-22-23(17-21)34-16-15-33-22)27(31)28(32)29(25)14-13-19-5-3-2-4-6-19/h2-12,17,25,30H,13-16H2,1H3/b26-24+/t25-/m1/s1. The van der Waals surface area contributed by atoms with Gasteiger partial charge >= 0.3 is 0 Å². The molecule has 1 atom stereocenters. The van der Waals surface area contributed by atoms with Crippen LogP contribution in [0.25, 0.3) is 5.76 Å². The number of hydrogen-bond donors (Lipinski definition) is 1. The molecule has 0 aliphatic carbocycles. The van der Waals surface area contributed by atoms with Gasteiger partial charge in [-0.15, -0.1) is 0 Å². The van der Waals surface area contributed by atoms with Crippen molar-refractivity contribution in [1.82, 2.24) is 4.90 Å². The fraction of sp³-hybridized carbons (Fsp3) is 0.214. The van der Waals surface area contributed by atoms with Crippen molar-refractivity contribution in [3.05, 3.63) is 101 Å². The third-order valence-electron chi connectivity index (χ3n) is 6.23. The highest BCUT2D eigenvalue weighted by atomic mass is 16.6. The minimum Gasteiger partial charge on any atom is -0.507 e. The van der Waals surface area contributed by atoms with Crippen molar-refractivity contribution in [3.63, 3.8) is 0 Å². The summed E-state index contributed by atoms with van der Waals surface area (Å²) in [5.74, 6) is -0.434. The van der Waals surface area contributed by atoms with Gasteiger partial charge in [-0.3, -0.25) is 9.59 Å². The van der Waals surface area contributed by atoms with Crippen LogP contribution in [0.5, 0.6) is 11.5 Å². The predicted octanol–water partition coefficient (Wildman–Crippen LogP) is 4.43. The lowest BCUT2D eigenvalue weighted by Gasteiger charge is -2.25. The van der Waals surface area contributed by atoms with Crippen molar-refractivity contribution in [2.45, 2.75) is 19.4 Å². The second kappa shape index (κ2) is 9.06. The van der Waals surface area contributed by atoms with Gasteiger partial charge in [0.15, 0.2) is 11.5 Å². The van der Waals surface area contributed by atoms with Gasteiger partial charge in [0.25, 0.3) is 11.7 Å². The molecular formula is C28H25NO5. The maximum absolute atomic E-state index is 13.2. The maximum Gasteiger partial charge on any atom is 0.295 e. The number of likely N-dealkylation sites (tertiary alicyclic amines) is 1. The number of rotatable bonds is 5. The topological polar surface area (TPSA) is 76.1 Å². The molecule has 1 N–H and O–H groups in total. The number of ether oxygens (including phenoxy) is 2. The first-order chi connectivity index (χ1) is 16.5. The molecule has 1 fully saturated rings. The average molecular weight is 456 g/mol. The molecule has 0 unspecified atom stereocenters. The average Bonchev–Trinajstić information content (AvgIpc) is 3.12. The van der Waals surface area contributed by atoms with Gasteiger partial charge < -0.3 is 19.5 Å². The molecule has 3 aromatic carbocycles. The lowest BCUT2D eigenvalue weighted by Crippen LogP contribution is -2.31. The Hall–Kier alpha value is -4.06. The van der Waals surface area contributed by atoms with E-state index in [1.165, 1.54) is 0 Å². The zero-order valence-electron chi connectivity index (χ0n) is 18.9. The van der Waals surface area contributed by atoms with Crippen LogP contribution in [0.1, 0.15) is 28.3 Å². The van der Waals surface area contributed by atoms with Crippen LogP contribution in [0.15, 0.2) is 78.4 Å². The zero-order valence-corrected chi connectivity index (χ0v) is 18.9. The van der Waals surface area contributed by atoms with E-state index in [4.69, 9.17) is 9.47 Å². The summed E-state index contributed by atoms with van der Waals surface area (Å²) in [4.78, 5) is 27.9. The minimum absolute atomic E-state index is 0.0820. The summed E-state index contributed by atoms with van der Waals surface area (Å²) in [7, 11) is 0. The molecular weight excluding hydrogens is 430 g/mol. The molecule has 1 saturated heterocycles. The van der Waals surface area contributed by atoms with Gasteiger partial charge in [0.05, 0.1) is 11.6 Å². The van der Waals surface area contributed by atoms with Gasteiger partial charge in [0, 0.05) is 12.1 Å². The number of benzene rings is 3. The highest BCUT2D eigenvalue weighted by molar-refractivity contribution is 6.46. The van der Waals surface area contributed by atoms with Crippen LogP contribution in [0.4, 0.5) is 0 Å². The Morgan fingerprint density at radius 1 is 0.941 bits per heavy atom. The largest absolute Gasteiger partial charge is 0.507 e. The highest BCUT2D eigenvalue weighted by Gasteiger charge is 2.45. The number of Topliss-reactive ketones (excluding diaryl/α,β-unsaturated/α-hetero) is 1. The fourth-order valence-corrected chi connectivity index (χ4v) is 4.45. The Bertz CT molecular complexity index is 1260. The molecule has 5 rings (SSSR count). The number of amides is 1. The van der Waals surface area contributed by atoms with Crippen LogP contribution in [-0.4, -0.2) is 41.5 Å². The molecule has 0 bridgehead atoms. The van der Waals surface area contributed by atoms with E-state index < -0.39 is 17.7 Å². The molecule has 6 heteroatoms. The predicted molar refractivity (Wildman–Crippen MR) is 128 cm³/mol. The van der Waals surface area contributed by atoms with Crippen molar-refractivity contribution in [2.24, 2.45) is 0 Å². The van der Waals surface area contributed by atoms with E-state index in [1.54, 1.807) is 23.1 Å². The summed E-state index contributed by atoms with van der Waals surface area (Å²) >= 11 is 0. The Labute approximate surface area is 198 Å². The van der Waals surface area contributed by atoms with E-state index in [-0.39, 0.29) is 11.3 Å². The molecule has 2 aliphatic heterocycles. The highest BCUT2D eigenvalue weighted by Crippen LogP contribution is 2.41. The molecule has 34 heavy (non-hydrogen) atoms. The lowest BCUT2D eigenvalue weighted by atomic mass is 9.94. The summed E-state index contributed by atoms with van der Waals surface area (Å²) in [5, 5.41) is 11.3. The SMILES string of the molecule is Cc1ccc([C@@H]2/C(=C(\O)c3ccc4c(c3)OCCO4)C(=O)C(=O)N2CCc2ccccc2)cc1. The Morgan fingerprint density at radius 3 is 2.38 bits per heavy atom. The number of aryl methyl sites for hydroxylation is 1. The number of nitrogens with zero attached hydrogens (tertiary/aromatic N) is 1. The number of fused-ring (bicyclic) bond motifs is 1. The van der Waals surface area contributed by atoms with Gasteiger partial charge in [-0.25, -0.2) is 0 Å². The van der Waals surface area contributed by atoms with Crippen LogP contribution in [0.3, 0.4) is 0 Å². The number of aliphatic hydroxyl groups excluding tert-OH is 1. The second-order valence-electron chi connectivity index (χ2n) is 8.50. The lowest BCUT2D eigenvalue weighted by molar-refractivity contribution is -0.139. The number of hydrogen-bond acceptors (Lipinski definition) is 5. The van der Waals surface area contributed by atoms with Gasteiger partial charge in [-0.05, 0) is 42.7 Å². The number of carbonyl (C=O) groups is 2. The first-order valence-corrected chi connectivity index (χ1v) is 11.3. The molecule has 6 nitrogen and oxygen atoms in total. The molecule has 0 radical (unpaired) electrons. The maximum atomic E-state index is 13.2. The number of aliphatic hydroxyl groups is 1. The summed E-state index contributed by atoms with van der Waals surface area (Å²) < 4.78 is 11.2. The molecule has 0 aromatic heterocycles. The van der Waals surface area contributed by atoms with Gasteiger partial charge in [-0.2, -0.15) is 0 Å². The van der Waals surface area contributed by atoms with Crippen molar-refractivity contribution in [1.29, 1.82) is 0 Å². The van der Waals surface area contributed by atoms with Gasteiger partial charge in [-0.1, -0.05) is 60.2 Å². The summed E-state index contributed by atoms with van der Waals surface area (Å²) in [5.41, 5.74) is 3.40. The van der Waals surface area contributed by atoms with Crippen molar-refractivity contribution >= 4 is 17.4 Å².